The second-order valence-electron chi connectivity index (χ2n) is 4.97. The molecule has 0 saturated heterocycles. The molecule has 0 spiro atoms. The largest absolute Gasteiger partial charge is 0.478 e. The van der Waals surface area contributed by atoms with Crippen LogP contribution in [-0.4, -0.2) is 16.9 Å². The zero-order valence-electron chi connectivity index (χ0n) is 12.0. The molecule has 0 saturated carbocycles. The molecule has 3 rings (SSSR count). The van der Waals surface area contributed by atoms with Gasteiger partial charge in [0.25, 0.3) is 0 Å². The van der Waals surface area contributed by atoms with Crippen molar-refractivity contribution in [1.82, 2.24) is 0 Å². The summed E-state index contributed by atoms with van der Waals surface area (Å²) in [6, 6.07) is 16.0. The van der Waals surface area contributed by atoms with Gasteiger partial charge in [-0.05, 0) is 29.7 Å². The van der Waals surface area contributed by atoms with Crippen molar-refractivity contribution in [1.29, 1.82) is 5.41 Å². The minimum atomic E-state index is -1.07. The predicted molar refractivity (Wildman–Crippen MR) is 90.3 cm³/mol. The lowest BCUT2D eigenvalue weighted by molar-refractivity contribution is -0.145. The van der Waals surface area contributed by atoms with Gasteiger partial charge in [-0.1, -0.05) is 30.3 Å². The summed E-state index contributed by atoms with van der Waals surface area (Å²) >= 11 is 1.37. The Morgan fingerprint density at radius 1 is 1.17 bits per heavy atom. The molecule has 6 heteroatoms. The van der Waals surface area contributed by atoms with Crippen LogP contribution in [0.15, 0.2) is 54.6 Å². The normalized spacial score (nSPS) is 12.0. The van der Waals surface area contributed by atoms with Crippen molar-refractivity contribution in [2.24, 2.45) is 5.73 Å². The van der Waals surface area contributed by atoms with E-state index in [9.17, 15) is 9.90 Å². The molecule has 0 aliphatic carbocycles. The predicted octanol–water partition coefficient (Wildman–Crippen LogP) is 3.39. The number of carbonyl (C=O) groups is 1. The van der Waals surface area contributed by atoms with Crippen LogP contribution in [0.2, 0.25) is 0 Å². The number of hydrogen-bond acceptors (Lipinski definition) is 4. The fourth-order valence-corrected chi connectivity index (χ4v) is 3.20. The molecule has 0 amide bonds. The molecule has 116 valence electrons. The second kappa shape index (κ2) is 6.10. The van der Waals surface area contributed by atoms with Crippen molar-refractivity contribution in [3.05, 3.63) is 65.0 Å². The molecule has 0 fully saturated rings. The van der Waals surface area contributed by atoms with Gasteiger partial charge in [0.15, 0.2) is 0 Å². The fourth-order valence-electron chi connectivity index (χ4n) is 2.24. The van der Waals surface area contributed by atoms with Crippen LogP contribution >= 0.6 is 11.3 Å². The van der Waals surface area contributed by atoms with E-state index in [4.69, 9.17) is 15.9 Å². The summed E-state index contributed by atoms with van der Waals surface area (Å²) in [4.78, 5) is 12.2. The molecular weight excluding hydrogens is 312 g/mol. The number of aliphatic carboxylic acids is 1. The zero-order chi connectivity index (χ0) is 16.4. The van der Waals surface area contributed by atoms with Crippen LogP contribution in [0.1, 0.15) is 16.5 Å². The maximum absolute atomic E-state index is 11.5. The molecule has 0 aliphatic rings. The first-order valence-electron chi connectivity index (χ1n) is 6.87. The third-order valence-electron chi connectivity index (χ3n) is 3.34. The summed E-state index contributed by atoms with van der Waals surface area (Å²) in [5, 5.41) is 17.8. The second-order valence-corrected chi connectivity index (χ2v) is 6.05. The zero-order valence-corrected chi connectivity index (χ0v) is 12.8. The van der Waals surface area contributed by atoms with Crippen LogP contribution < -0.4 is 10.5 Å². The highest BCUT2D eigenvalue weighted by Gasteiger charge is 2.21. The van der Waals surface area contributed by atoms with Crippen LogP contribution in [0.3, 0.4) is 0 Å². The first kappa shape index (κ1) is 15.1. The van der Waals surface area contributed by atoms with Gasteiger partial charge >= 0.3 is 5.97 Å². The van der Waals surface area contributed by atoms with Crippen molar-refractivity contribution in [3.63, 3.8) is 0 Å². The lowest BCUT2D eigenvalue weighted by Crippen LogP contribution is -2.18. The Morgan fingerprint density at radius 2 is 1.91 bits per heavy atom. The maximum atomic E-state index is 11.5. The number of nitrogens with two attached hydrogens (primary N) is 1. The van der Waals surface area contributed by atoms with E-state index in [1.807, 2.05) is 18.2 Å². The number of carboxylic acid groups (broad SMARTS) is 1. The highest BCUT2D eigenvalue weighted by Crippen LogP contribution is 2.31. The fraction of sp³-hybridized carbons (Fsp3) is 0.0588. The lowest BCUT2D eigenvalue weighted by Gasteiger charge is -2.15. The summed E-state index contributed by atoms with van der Waals surface area (Å²) in [7, 11) is 0. The highest BCUT2D eigenvalue weighted by molar-refractivity contribution is 7.20. The number of nitrogens with one attached hydrogen (secondary N) is 1. The van der Waals surface area contributed by atoms with E-state index in [0.29, 0.717) is 16.2 Å². The molecule has 3 aromatic rings. The van der Waals surface area contributed by atoms with E-state index in [1.165, 1.54) is 11.3 Å². The molecule has 4 N–H and O–H groups in total. The molecule has 1 aromatic heterocycles. The Bertz CT molecular complexity index is 874. The lowest BCUT2D eigenvalue weighted by atomic mass is 10.1. The van der Waals surface area contributed by atoms with Crippen LogP contribution in [0.4, 0.5) is 0 Å². The Morgan fingerprint density at radius 3 is 2.57 bits per heavy atom. The van der Waals surface area contributed by atoms with Crippen LogP contribution in [-0.2, 0) is 4.79 Å². The number of rotatable bonds is 5. The Kier molecular flexibility index (Phi) is 3.99. The molecular formula is C17H14N2O3S. The highest BCUT2D eigenvalue weighted by atomic mass is 32.1. The molecule has 1 heterocycles. The van der Waals surface area contributed by atoms with E-state index in [1.54, 1.807) is 36.4 Å². The summed E-state index contributed by atoms with van der Waals surface area (Å²) < 4.78 is 6.56. The number of thiophene rings is 1. The number of carboxylic acids is 1. The van der Waals surface area contributed by atoms with Crippen molar-refractivity contribution in [2.75, 3.05) is 0 Å². The third-order valence-corrected chi connectivity index (χ3v) is 4.47. The van der Waals surface area contributed by atoms with Gasteiger partial charge in [0.05, 0.1) is 4.88 Å². The summed E-state index contributed by atoms with van der Waals surface area (Å²) in [6.45, 7) is 0. The molecule has 0 unspecified atom stereocenters. The standard InChI is InChI=1S/C17H14N2O3S/c18-16(19)14-8-11-6-7-12(9-13(11)23-14)22-15(17(20)21)10-4-2-1-3-5-10/h1-9,15H,(H3,18,19)(H,20,21)/t15-/m0/s1. The molecule has 0 aliphatic heterocycles. The maximum Gasteiger partial charge on any atom is 0.349 e. The number of benzene rings is 2. The van der Waals surface area contributed by atoms with E-state index in [-0.39, 0.29) is 5.84 Å². The van der Waals surface area contributed by atoms with Crippen LogP contribution in [0, 0.1) is 5.41 Å². The van der Waals surface area contributed by atoms with Gasteiger partial charge in [0, 0.05) is 10.3 Å². The first-order valence-corrected chi connectivity index (χ1v) is 7.68. The monoisotopic (exact) mass is 326 g/mol. The van der Waals surface area contributed by atoms with Crippen LogP contribution in [0.5, 0.6) is 5.75 Å². The SMILES string of the molecule is N=C(N)c1cc2ccc(O[C@H](C(=O)O)c3ccccc3)cc2s1. The van der Waals surface area contributed by atoms with E-state index in [0.717, 1.165) is 10.1 Å². The minimum Gasteiger partial charge on any atom is -0.478 e. The van der Waals surface area contributed by atoms with Crippen molar-refractivity contribution in [2.45, 2.75) is 6.10 Å². The van der Waals surface area contributed by atoms with Crippen LogP contribution in [0.25, 0.3) is 10.1 Å². The summed E-state index contributed by atoms with van der Waals surface area (Å²) in [5.41, 5.74) is 6.08. The molecule has 1 atom stereocenters. The number of fused-ring (bicyclic) bond motifs is 1. The van der Waals surface area contributed by atoms with E-state index >= 15 is 0 Å². The third kappa shape index (κ3) is 3.17. The smallest absolute Gasteiger partial charge is 0.349 e. The van der Waals surface area contributed by atoms with Gasteiger partial charge in [0.1, 0.15) is 11.6 Å². The number of nitrogen functional groups attached to an aromatic ring is 1. The molecule has 23 heavy (non-hydrogen) atoms. The van der Waals surface area contributed by atoms with Gasteiger partial charge in [-0.2, -0.15) is 0 Å². The van der Waals surface area contributed by atoms with Gasteiger partial charge in [-0.25, -0.2) is 4.79 Å². The topological polar surface area (TPSA) is 96.4 Å². The van der Waals surface area contributed by atoms with Gasteiger partial charge in [-0.3, -0.25) is 5.41 Å². The summed E-state index contributed by atoms with van der Waals surface area (Å²) in [6.07, 6.45) is -1.07. The quantitative estimate of drug-likeness (QED) is 0.494. The molecule has 0 radical (unpaired) electrons. The number of hydrogen-bond donors (Lipinski definition) is 3. The van der Waals surface area contributed by atoms with Gasteiger partial charge in [0.2, 0.25) is 6.10 Å². The Hall–Kier alpha value is -2.86. The molecule has 2 aromatic carbocycles. The van der Waals surface area contributed by atoms with Gasteiger partial charge in [-0.15, -0.1) is 11.3 Å². The number of amidine groups is 1. The van der Waals surface area contributed by atoms with Crippen molar-refractivity contribution in [3.8, 4) is 5.75 Å². The Labute approximate surface area is 136 Å². The summed E-state index contributed by atoms with van der Waals surface area (Å²) in [5.74, 6) is -0.570. The van der Waals surface area contributed by atoms with E-state index in [2.05, 4.69) is 0 Å². The number of ether oxygens (including phenoxy) is 1. The van der Waals surface area contributed by atoms with Gasteiger partial charge < -0.3 is 15.6 Å². The first-order chi connectivity index (χ1) is 11.0. The molecule has 5 nitrogen and oxygen atoms in total. The molecule has 0 bridgehead atoms. The van der Waals surface area contributed by atoms with E-state index < -0.39 is 12.1 Å². The average Bonchev–Trinajstić information content (AvgIpc) is 2.96. The Balaban J connectivity index is 1.92. The average molecular weight is 326 g/mol. The minimum absolute atomic E-state index is 0.0152. The van der Waals surface area contributed by atoms with Crippen molar-refractivity contribution >= 4 is 33.2 Å². The van der Waals surface area contributed by atoms with Crippen molar-refractivity contribution < 1.29 is 14.6 Å².